The lowest BCUT2D eigenvalue weighted by Crippen LogP contribution is -2.62. The van der Waals surface area contributed by atoms with Crippen LogP contribution in [0.5, 0.6) is 0 Å². The predicted molar refractivity (Wildman–Crippen MR) is 73.9 cm³/mol. The molecule has 0 saturated heterocycles. The summed E-state index contributed by atoms with van der Waals surface area (Å²) in [6.45, 7) is 7.05. The summed E-state index contributed by atoms with van der Waals surface area (Å²) < 4.78 is 5.71. The van der Waals surface area contributed by atoms with Crippen LogP contribution < -0.4 is 0 Å². The number of rotatable bonds is 4. The number of amides is 1. The number of pyridine rings is 1. The van der Waals surface area contributed by atoms with Crippen LogP contribution in [-0.2, 0) is 4.74 Å². The molecule has 104 valence electrons. The van der Waals surface area contributed by atoms with E-state index in [9.17, 15) is 4.79 Å². The number of carbonyl (C=O) groups excluding carboxylic acids is 1. The number of ether oxygens (including phenoxy) is 1. The summed E-state index contributed by atoms with van der Waals surface area (Å²) in [5.74, 6) is 0.0288. The van der Waals surface area contributed by atoms with Crippen molar-refractivity contribution in [1.82, 2.24) is 9.88 Å². The number of aromatic nitrogens is 1. The molecule has 1 aliphatic carbocycles. The topological polar surface area (TPSA) is 42.4 Å². The molecule has 1 aromatic heterocycles. The Morgan fingerprint density at radius 1 is 1.58 bits per heavy atom. The van der Waals surface area contributed by atoms with Gasteiger partial charge in [0.25, 0.3) is 5.91 Å². The third kappa shape index (κ3) is 2.50. The first kappa shape index (κ1) is 14.0. The van der Waals surface area contributed by atoms with Gasteiger partial charge in [-0.3, -0.25) is 9.78 Å². The van der Waals surface area contributed by atoms with E-state index in [1.54, 1.807) is 24.5 Å². The maximum absolute atomic E-state index is 12.4. The molecule has 0 N–H and O–H groups in total. The van der Waals surface area contributed by atoms with E-state index >= 15 is 0 Å². The van der Waals surface area contributed by atoms with Gasteiger partial charge in [-0.05, 0) is 25.5 Å². The van der Waals surface area contributed by atoms with Gasteiger partial charge in [0.1, 0.15) is 0 Å². The highest BCUT2D eigenvalue weighted by Gasteiger charge is 2.51. The highest BCUT2D eigenvalue weighted by Crippen LogP contribution is 2.45. The van der Waals surface area contributed by atoms with Gasteiger partial charge in [0.15, 0.2) is 0 Å². The molecule has 1 fully saturated rings. The molecule has 2 atom stereocenters. The van der Waals surface area contributed by atoms with Crippen molar-refractivity contribution in [2.45, 2.75) is 39.3 Å². The summed E-state index contributed by atoms with van der Waals surface area (Å²) in [6, 6.07) is 3.81. The van der Waals surface area contributed by atoms with Crippen molar-refractivity contribution < 1.29 is 9.53 Å². The minimum Gasteiger partial charge on any atom is -0.378 e. The summed E-state index contributed by atoms with van der Waals surface area (Å²) in [6.07, 6.45) is 4.44. The van der Waals surface area contributed by atoms with Gasteiger partial charge in [0, 0.05) is 37.5 Å². The number of hydrogen-bond acceptors (Lipinski definition) is 3. The van der Waals surface area contributed by atoms with Crippen molar-refractivity contribution in [1.29, 1.82) is 0 Å². The summed E-state index contributed by atoms with van der Waals surface area (Å²) >= 11 is 0. The van der Waals surface area contributed by atoms with Crippen LogP contribution in [0, 0.1) is 5.41 Å². The summed E-state index contributed by atoms with van der Waals surface area (Å²) in [5.41, 5.74) is 0.642. The molecule has 0 unspecified atom stereocenters. The molecule has 4 heteroatoms. The van der Waals surface area contributed by atoms with Crippen LogP contribution >= 0.6 is 0 Å². The lowest BCUT2D eigenvalue weighted by molar-refractivity contribution is -0.136. The van der Waals surface area contributed by atoms with Crippen LogP contribution in [0.3, 0.4) is 0 Å². The van der Waals surface area contributed by atoms with Gasteiger partial charge in [-0.25, -0.2) is 0 Å². The standard InChI is InChI=1S/C15H22N2O2/c1-5-19-13-9-12(15(13,2)3)17(4)14(18)11-7-6-8-16-10-11/h6-8,10,12-13H,5,9H2,1-4H3/t12-,13+/m0/s1. The van der Waals surface area contributed by atoms with E-state index in [2.05, 4.69) is 18.8 Å². The van der Waals surface area contributed by atoms with E-state index in [1.165, 1.54) is 0 Å². The molecule has 0 spiro atoms. The van der Waals surface area contributed by atoms with Gasteiger partial charge in [-0.1, -0.05) is 13.8 Å². The molecule has 4 nitrogen and oxygen atoms in total. The van der Waals surface area contributed by atoms with E-state index in [-0.39, 0.29) is 23.5 Å². The third-order valence-corrected chi connectivity index (χ3v) is 4.19. The lowest BCUT2D eigenvalue weighted by atomic mass is 9.63. The lowest BCUT2D eigenvalue weighted by Gasteiger charge is -2.54. The van der Waals surface area contributed by atoms with Crippen molar-refractivity contribution in [3.05, 3.63) is 30.1 Å². The number of nitrogens with zero attached hydrogens (tertiary/aromatic N) is 2. The molecule has 1 aliphatic rings. The molecule has 1 aromatic rings. The molecule has 1 heterocycles. The zero-order chi connectivity index (χ0) is 14.0. The van der Waals surface area contributed by atoms with E-state index < -0.39 is 0 Å². The Balaban J connectivity index is 2.06. The van der Waals surface area contributed by atoms with Crippen molar-refractivity contribution in [2.24, 2.45) is 5.41 Å². The van der Waals surface area contributed by atoms with Crippen LogP contribution in [0.4, 0.5) is 0 Å². The molecular formula is C15H22N2O2. The Labute approximate surface area is 114 Å². The smallest absolute Gasteiger partial charge is 0.255 e. The predicted octanol–water partition coefficient (Wildman–Crippen LogP) is 2.36. The van der Waals surface area contributed by atoms with E-state index in [0.29, 0.717) is 5.56 Å². The highest BCUT2D eigenvalue weighted by atomic mass is 16.5. The van der Waals surface area contributed by atoms with Crippen LogP contribution in [0.1, 0.15) is 37.6 Å². The van der Waals surface area contributed by atoms with Crippen molar-refractivity contribution in [2.75, 3.05) is 13.7 Å². The highest BCUT2D eigenvalue weighted by molar-refractivity contribution is 5.94. The molecule has 0 bridgehead atoms. The Morgan fingerprint density at radius 3 is 2.84 bits per heavy atom. The normalized spacial score (nSPS) is 24.6. The van der Waals surface area contributed by atoms with Crippen LogP contribution in [0.15, 0.2) is 24.5 Å². The second kappa shape index (κ2) is 5.29. The zero-order valence-corrected chi connectivity index (χ0v) is 12.1. The van der Waals surface area contributed by atoms with Crippen LogP contribution in [-0.4, -0.2) is 41.6 Å². The van der Waals surface area contributed by atoms with Gasteiger partial charge in [-0.2, -0.15) is 0 Å². The van der Waals surface area contributed by atoms with E-state index in [0.717, 1.165) is 13.0 Å². The van der Waals surface area contributed by atoms with E-state index in [4.69, 9.17) is 4.74 Å². The maximum Gasteiger partial charge on any atom is 0.255 e. The number of carbonyl (C=O) groups is 1. The maximum atomic E-state index is 12.4. The average molecular weight is 262 g/mol. The van der Waals surface area contributed by atoms with Gasteiger partial charge in [0.2, 0.25) is 0 Å². The Kier molecular flexibility index (Phi) is 3.90. The quantitative estimate of drug-likeness (QED) is 0.836. The number of hydrogen-bond donors (Lipinski definition) is 0. The zero-order valence-electron chi connectivity index (χ0n) is 12.1. The first-order chi connectivity index (χ1) is 8.98. The SMILES string of the molecule is CCO[C@@H]1C[C@H](N(C)C(=O)c2cccnc2)C1(C)C. The van der Waals surface area contributed by atoms with Gasteiger partial charge in [0.05, 0.1) is 11.7 Å². The monoisotopic (exact) mass is 262 g/mol. The van der Waals surface area contributed by atoms with Crippen molar-refractivity contribution in [3.63, 3.8) is 0 Å². The minimum absolute atomic E-state index is 0.00261. The van der Waals surface area contributed by atoms with Gasteiger partial charge >= 0.3 is 0 Å². The fourth-order valence-corrected chi connectivity index (χ4v) is 2.84. The average Bonchev–Trinajstić information content (AvgIpc) is 2.42. The first-order valence-electron chi connectivity index (χ1n) is 6.77. The second-order valence-electron chi connectivity index (χ2n) is 5.67. The second-order valence-corrected chi connectivity index (χ2v) is 5.67. The molecule has 0 radical (unpaired) electrons. The summed E-state index contributed by atoms with van der Waals surface area (Å²) in [4.78, 5) is 18.2. The largest absolute Gasteiger partial charge is 0.378 e. The fraction of sp³-hybridized carbons (Fsp3) is 0.600. The van der Waals surface area contributed by atoms with Crippen LogP contribution in [0.2, 0.25) is 0 Å². The molecule has 19 heavy (non-hydrogen) atoms. The van der Waals surface area contributed by atoms with Gasteiger partial charge in [-0.15, -0.1) is 0 Å². The third-order valence-electron chi connectivity index (χ3n) is 4.19. The molecule has 1 amide bonds. The first-order valence-corrected chi connectivity index (χ1v) is 6.77. The summed E-state index contributed by atoms with van der Waals surface area (Å²) in [7, 11) is 1.86. The van der Waals surface area contributed by atoms with Crippen LogP contribution in [0.25, 0.3) is 0 Å². The van der Waals surface area contributed by atoms with Gasteiger partial charge < -0.3 is 9.64 Å². The molecular weight excluding hydrogens is 240 g/mol. The van der Waals surface area contributed by atoms with Crippen molar-refractivity contribution >= 4 is 5.91 Å². The van der Waals surface area contributed by atoms with Crippen molar-refractivity contribution in [3.8, 4) is 0 Å². The molecule has 0 aromatic carbocycles. The Hall–Kier alpha value is -1.42. The van der Waals surface area contributed by atoms with E-state index in [1.807, 2.05) is 18.9 Å². The Morgan fingerprint density at radius 2 is 2.32 bits per heavy atom. The minimum atomic E-state index is 0.00261. The molecule has 1 saturated carbocycles. The fourth-order valence-electron chi connectivity index (χ4n) is 2.84. The molecule has 2 rings (SSSR count). The Bertz CT molecular complexity index is 445. The summed E-state index contributed by atoms with van der Waals surface area (Å²) in [5, 5.41) is 0. The molecule has 0 aliphatic heterocycles.